The molecule has 0 radical (unpaired) electrons. The molecule has 2 fully saturated rings. The number of aromatic nitrogens is 3. The SMILES string of the molecule is CCc1cnc(-c2ccc(C)nc2C(=O)N2C[C@@H]3C[C@@H]3C[C@H]2COc2ccc(C(F)(F)F)cn2)o1. The van der Waals surface area contributed by atoms with Gasteiger partial charge in [-0.1, -0.05) is 6.92 Å². The molecule has 0 bridgehead atoms. The lowest BCUT2D eigenvalue weighted by Crippen LogP contribution is -2.48. The molecule has 3 atom stereocenters. The molecule has 0 aromatic carbocycles. The maximum absolute atomic E-state index is 13.8. The zero-order valence-corrected chi connectivity index (χ0v) is 19.4. The molecular weight excluding hydrogens is 461 g/mol. The van der Waals surface area contributed by atoms with Gasteiger partial charge in [-0.3, -0.25) is 4.79 Å². The van der Waals surface area contributed by atoms with E-state index in [-0.39, 0.29) is 30.1 Å². The van der Waals surface area contributed by atoms with Gasteiger partial charge in [0.2, 0.25) is 11.8 Å². The van der Waals surface area contributed by atoms with E-state index in [4.69, 9.17) is 9.15 Å². The van der Waals surface area contributed by atoms with Crippen LogP contribution in [0.1, 0.15) is 47.3 Å². The van der Waals surface area contributed by atoms with Crippen molar-refractivity contribution in [3.05, 3.63) is 59.4 Å². The highest BCUT2D eigenvalue weighted by atomic mass is 19.4. The number of halogens is 3. The molecule has 3 aromatic heterocycles. The van der Waals surface area contributed by atoms with E-state index in [1.807, 2.05) is 19.9 Å². The van der Waals surface area contributed by atoms with Crippen molar-refractivity contribution in [2.75, 3.05) is 13.2 Å². The second-order valence-electron chi connectivity index (χ2n) is 9.13. The van der Waals surface area contributed by atoms with Crippen LogP contribution in [0.2, 0.25) is 0 Å². The minimum Gasteiger partial charge on any atom is -0.475 e. The van der Waals surface area contributed by atoms with E-state index in [1.165, 1.54) is 6.07 Å². The number of oxazole rings is 1. The third kappa shape index (κ3) is 4.87. The number of hydrogen-bond donors (Lipinski definition) is 0. The second-order valence-corrected chi connectivity index (χ2v) is 9.13. The summed E-state index contributed by atoms with van der Waals surface area (Å²) >= 11 is 0. The maximum Gasteiger partial charge on any atom is 0.417 e. The summed E-state index contributed by atoms with van der Waals surface area (Å²) in [7, 11) is 0. The topological polar surface area (TPSA) is 81.4 Å². The number of fused-ring (bicyclic) bond motifs is 1. The lowest BCUT2D eigenvalue weighted by molar-refractivity contribution is -0.137. The average Bonchev–Trinajstić information content (AvgIpc) is 3.44. The van der Waals surface area contributed by atoms with Crippen molar-refractivity contribution in [1.29, 1.82) is 0 Å². The van der Waals surface area contributed by atoms with E-state index in [0.29, 0.717) is 47.7 Å². The highest BCUT2D eigenvalue weighted by Crippen LogP contribution is 2.47. The Bertz CT molecular complexity index is 1230. The number of carbonyl (C=O) groups is 1. The first-order valence-corrected chi connectivity index (χ1v) is 11.6. The fourth-order valence-corrected chi connectivity index (χ4v) is 4.55. The van der Waals surface area contributed by atoms with Crippen LogP contribution in [-0.2, 0) is 12.6 Å². The molecule has 1 aliphatic carbocycles. The van der Waals surface area contributed by atoms with Gasteiger partial charge in [0.25, 0.3) is 5.91 Å². The van der Waals surface area contributed by atoms with Gasteiger partial charge in [-0.05, 0) is 49.8 Å². The van der Waals surface area contributed by atoms with E-state index < -0.39 is 11.7 Å². The second kappa shape index (κ2) is 8.98. The zero-order valence-electron chi connectivity index (χ0n) is 19.4. The number of alkyl halides is 3. The Kier molecular flexibility index (Phi) is 5.98. The predicted molar refractivity (Wildman–Crippen MR) is 120 cm³/mol. The maximum atomic E-state index is 13.8. The van der Waals surface area contributed by atoms with Crippen LogP contribution >= 0.6 is 0 Å². The number of carbonyl (C=O) groups excluding carboxylic acids is 1. The minimum atomic E-state index is -4.46. The van der Waals surface area contributed by atoms with Gasteiger partial charge in [0.1, 0.15) is 18.1 Å². The Morgan fingerprint density at radius 2 is 1.97 bits per heavy atom. The summed E-state index contributed by atoms with van der Waals surface area (Å²) < 4.78 is 50.0. The number of amides is 1. The van der Waals surface area contributed by atoms with Gasteiger partial charge in [-0.15, -0.1) is 0 Å². The molecule has 5 rings (SSSR count). The summed E-state index contributed by atoms with van der Waals surface area (Å²) in [6.07, 6.45) is 0.428. The Morgan fingerprint density at radius 1 is 1.14 bits per heavy atom. The molecule has 184 valence electrons. The first-order chi connectivity index (χ1) is 16.7. The molecule has 1 aliphatic heterocycles. The molecule has 7 nitrogen and oxygen atoms in total. The highest BCUT2D eigenvalue weighted by Gasteiger charge is 2.48. The van der Waals surface area contributed by atoms with Gasteiger partial charge >= 0.3 is 6.18 Å². The van der Waals surface area contributed by atoms with E-state index in [1.54, 1.807) is 17.2 Å². The molecule has 1 saturated heterocycles. The van der Waals surface area contributed by atoms with E-state index in [2.05, 4.69) is 15.0 Å². The summed E-state index contributed by atoms with van der Waals surface area (Å²) in [6, 6.07) is 5.49. The largest absolute Gasteiger partial charge is 0.475 e. The van der Waals surface area contributed by atoms with Gasteiger partial charge in [0.05, 0.1) is 23.4 Å². The highest BCUT2D eigenvalue weighted by molar-refractivity contribution is 5.98. The van der Waals surface area contributed by atoms with Crippen LogP contribution in [-0.4, -0.2) is 45.0 Å². The average molecular weight is 486 g/mol. The first kappa shape index (κ1) is 23.3. The molecule has 35 heavy (non-hydrogen) atoms. The molecule has 1 amide bonds. The molecule has 3 aromatic rings. The van der Waals surface area contributed by atoms with Crippen molar-refractivity contribution in [2.45, 2.75) is 45.3 Å². The molecule has 2 aliphatic rings. The zero-order chi connectivity index (χ0) is 24.7. The number of hydrogen-bond acceptors (Lipinski definition) is 6. The van der Waals surface area contributed by atoms with Crippen molar-refractivity contribution in [2.24, 2.45) is 11.8 Å². The van der Waals surface area contributed by atoms with Gasteiger partial charge in [0, 0.05) is 30.9 Å². The third-order valence-electron chi connectivity index (χ3n) is 6.63. The fraction of sp³-hybridized carbons (Fsp3) is 0.440. The van der Waals surface area contributed by atoms with Crippen LogP contribution in [0, 0.1) is 18.8 Å². The van der Waals surface area contributed by atoms with Crippen molar-refractivity contribution in [3.63, 3.8) is 0 Å². The Morgan fingerprint density at radius 3 is 2.66 bits per heavy atom. The van der Waals surface area contributed by atoms with Gasteiger partial charge in [-0.2, -0.15) is 13.2 Å². The first-order valence-electron chi connectivity index (χ1n) is 11.6. The number of rotatable bonds is 6. The summed E-state index contributed by atoms with van der Waals surface area (Å²) in [4.78, 5) is 28.2. The number of pyridine rings is 2. The van der Waals surface area contributed by atoms with Crippen LogP contribution in [0.15, 0.2) is 41.1 Å². The van der Waals surface area contributed by atoms with Crippen molar-refractivity contribution < 1.29 is 27.1 Å². The van der Waals surface area contributed by atoms with Crippen molar-refractivity contribution in [1.82, 2.24) is 19.9 Å². The molecule has 10 heteroatoms. The third-order valence-corrected chi connectivity index (χ3v) is 6.63. The number of aryl methyl sites for hydroxylation is 2. The summed E-state index contributed by atoms with van der Waals surface area (Å²) in [5, 5.41) is 0. The molecule has 4 heterocycles. The minimum absolute atomic E-state index is 0.0876. The van der Waals surface area contributed by atoms with Crippen molar-refractivity contribution >= 4 is 5.91 Å². The van der Waals surface area contributed by atoms with Crippen LogP contribution in [0.3, 0.4) is 0 Å². The predicted octanol–water partition coefficient (Wildman–Crippen LogP) is 4.95. The van der Waals surface area contributed by atoms with Gasteiger partial charge in [0.15, 0.2) is 0 Å². The molecule has 0 unspecified atom stereocenters. The number of nitrogens with zero attached hydrogens (tertiary/aromatic N) is 4. The number of ether oxygens (including phenoxy) is 1. The lowest BCUT2D eigenvalue weighted by atomic mass is 10.0. The van der Waals surface area contributed by atoms with Crippen LogP contribution in [0.25, 0.3) is 11.5 Å². The normalized spacial score (nSPS) is 21.5. The van der Waals surface area contributed by atoms with Gasteiger partial charge < -0.3 is 14.1 Å². The van der Waals surface area contributed by atoms with Gasteiger partial charge in [-0.25, -0.2) is 15.0 Å². The Balaban J connectivity index is 1.37. The van der Waals surface area contributed by atoms with Crippen LogP contribution < -0.4 is 4.74 Å². The smallest absolute Gasteiger partial charge is 0.417 e. The van der Waals surface area contributed by atoms with E-state index >= 15 is 0 Å². The number of piperidine rings is 1. The van der Waals surface area contributed by atoms with Crippen LogP contribution in [0.4, 0.5) is 13.2 Å². The van der Waals surface area contributed by atoms with Crippen LogP contribution in [0.5, 0.6) is 5.88 Å². The number of likely N-dealkylation sites (tertiary alicyclic amines) is 1. The Hall–Kier alpha value is -3.43. The monoisotopic (exact) mass is 486 g/mol. The van der Waals surface area contributed by atoms with Crippen molar-refractivity contribution in [3.8, 4) is 17.3 Å². The fourth-order valence-electron chi connectivity index (χ4n) is 4.55. The molecule has 0 spiro atoms. The van der Waals surface area contributed by atoms with E-state index in [9.17, 15) is 18.0 Å². The quantitative estimate of drug-likeness (QED) is 0.490. The molecular formula is C25H25F3N4O3. The lowest BCUT2D eigenvalue weighted by Gasteiger charge is -2.35. The molecule has 1 saturated carbocycles. The van der Waals surface area contributed by atoms with E-state index in [0.717, 1.165) is 25.1 Å². The molecule has 0 N–H and O–H groups in total. The summed E-state index contributed by atoms with van der Waals surface area (Å²) in [5.74, 6) is 1.88. The summed E-state index contributed by atoms with van der Waals surface area (Å²) in [5.41, 5.74) is 0.659. The Labute approximate surface area is 200 Å². The standard InChI is InChI=1S/C25H25F3N4O3/c1-3-19-11-30-23(35-19)20-6-4-14(2)31-22(20)24(33)32-12-16-8-15(16)9-18(32)13-34-21-7-5-17(10-29-21)25(26,27)28/h4-7,10-11,15-16,18H,3,8-9,12-13H2,1-2H3/t15-,16+,18+/m1/s1. The summed E-state index contributed by atoms with van der Waals surface area (Å²) in [6.45, 7) is 4.49.